The zero-order chi connectivity index (χ0) is 16.6. The fourth-order valence-corrected chi connectivity index (χ4v) is 2.71. The number of likely N-dealkylation sites (tertiary alicyclic amines) is 1. The van der Waals surface area contributed by atoms with Crippen LogP contribution in [0.4, 0.5) is 13.2 Å². The molecule has 23 heavy (non-hydrogen) atoms. The van der Waals surface area contributed by atoms with E-state index in [9.17, 15) is 18.0 Å². The first-order valence-electron chi connectivity index (χ1n) is 7.15. The minimum absolute atomic E-state index is 0.237. The van der Waals surface area contributed by atoms with Crippen molar-refractivity contribution < 1.29 is 18.0 Å². The van der Waals surface area contributed by atoms with E-state index in [2.05, 4.69) is 25.4 Å². The first-order valence-corrected chi connectivity index (χ1v) is 7.15. The highest BCUT2D eigenvalue weighted by atomic mass is 19.4. The van der Waals surface area contributed by atoms with Gasteiger partial charge in [0, 0.05) is 19.0 Å². The molecule has 0 aromatic carbocycles. The Balaban J connectivity index is 1.75. The first-order chi connectivity index (χ1) is 10.9. The second kappa shape index (κ2) is 5.67. The number of imidazole rings is 1. The number of halogens is 3. The van der Waals surface area contributed by atoms with Gasteiger partial charge in [-0.2, -0.15) is 28.6 Å². The van der Waals surface area contributed by atoms with Crippen LogP contribution in [0.25, 0.3) is 0 Å². The molecular formula is C13H15F3N6O. The van der Waals surface area contributed by atoms with Crippen LogP contribution < -0.4 is 0 Å². The SMILES string of the molecule is Cc1n[nH]nc1C(=O)N1CCCC(c2ncc(C(F)(F)F)[nH]2)C1. The van der Waals surface area contributed by atoms with Crippen molar-refractivity contribution in [3.8, 4) is 0 Å². The molecule has 124 valence electrons. The number of aromatic nitrogens is 5. The standard InChI is InChI=1S/C13H15F3N6O/c1-7-10(20-21-19-7)12(23)22-4-2-3-8(6-22)11-17-5-9(18-11)13(14,15)16/h5,8H,2-4,6H2,1H3,(H,17,18)(H,19,20,21). The third kappa shape index (κ3) is 3.06. The monoisotopic (exact) mass is 328 g/mol. The van der Waals surface area contributed by atoms with E-state index in [-0.39, 0.29) is 23.3 Å². The van der Waals surface area contributed by atoms with Crippen molar-refractivity contribution in [3.05, 3.63) is 29.1 Å². The predicted molar refractivity (Wildman–Crippen MR) is 72.6 cm³/mol. The van der Waals surface area contributed by atoms with E-state index >= 15 is 0 Å². The summed E-state index contributed by atoms with van der Waals surface area (Å²) in [4.78, 5) is 20.1. The number of carbonyl (C=O) groups is 1. The van der Waals surface area contributed by atoms with Crippen molar-refractivity contribution >= 4 is 5.91 Å². The molecule has 3 heterocycles. The lowest BCUT2D eigenvalue weighted by Gasteiger charge is -2.31. The smallest absolute Gasteiger partial charge is 0.338 e. The molecule has 1 fully saturated rings. The van der Waals surface area contributed by atoms with Crippen molar-refractivity contribution in [3.63, 3.8) is 0 Å². The number of hydrogen-bond donors (Lipinski definition) is 2. The topological polar surface area (TPSA) is 90.6 Å². The molecule has 2 aromatic heterocycles. The Labute approximate surface area is 129 Å². The Morgan fingerprint density at radius 3 is 2.78 bits per heavy atom. The third-order valence-corrected chi connectivity index (χ3v) is 3.92. The predicted octanol–water partition coefficient (Wildman–Crippen LogP) is 1.87. The van der Waals surface area contributed by atoms with Crippen LogP contribution in [-0.2, 0) is 6.18 Å². The van der Waals surface area contributed by atoms with E-state index in [0.717, 1.165) is 6.20 Å². The molecule has 0 radical (unpaired) electrons. The lowest BCUT2D eigenvalue weighted by Crippen LogP contribution is -2.39. The summed E-state index contributed by atoms with van der Waals surface area (Å²) in [7, 11) is 0. The summed E-state index contributed by atoms with van der Waals surface area (Å²) in [6.45, 7) is 2.50. The molecule has 1 unspecified atom stereocenters. The van der Waals surface area contributed by atoms with E-state index in [1.807, 2.05) is 0 Å². The number of rotatable bonds is 2. The summed E-state index contributed by atoms with van der Waals surface area (Å²) in [5.41, 5.74) is -0.140. The number of H-pyrrole nitrogens is 2. The number of piperidine rings is 1. The second-order valence-corrected chi connectivity index (χ2v) is 5.53. The average molecular weight is 328 g/mol. The Bertz CT molecular complexity index is 707. The molecule has 2 N–H and O–H groups in total. The van der Waals surface area contributed by atoms with E-state index in [1.165, 1.54) is 0 Å². The van der Waals surface area contributed by atoms with Gasteiger partial charge in [-0.3, -0.25) is 4.79 Å². The lowest BCUT2D eigenvalue weighted by molar-refractivity contribution is -0.141. The summed E-state index contributed by atoms with van der Waals surface area (Å²) in [5, 5.41) is 10.0. The molecule has 7 nitrogen and oxygen atoms in total. The van der Waals surface area contributed by atoms with Crippen LogP contribution in [0.3, 0.4) is 0 Å². The quantitative estimate of drug-likeness (QED) is 0.880. The molecule has 1 saturated heterocycles. The minimum atomic E-state index is -4.45. The van der Waals surface area contributed by atoms with Gasteiger partial charge in [0.15, 0.2) is 5.69 Å². The van der Waals surface area contributed by atoms with Gasteiger partial charge >= 0.3 is 6.18 Å². The molecule has 2 aromatic rings. The highest BCUT2D eigenvalue weighted by Crippen LogP contribution is 2.31. The number of aryl methyl sites for hydroxylation is 1. The molecule has 1 atom stereocenters. The molecule has 0 saturated carbocycles. The van der Waals surface area contributed by atoms with Gasteiger partial charge in [-0.1, -0.05) is 0 Å². The van der Waals surface area contributed by atoms with Gasteiger partial charge in [-0.15, -0.1) is 0 Å². The molecule has 1 amide bonds. The molecular weight excluding hydrogens is 313 g/mol. The number of amides is 1. The minimum Gasteiger partial charge on any atom is -0.338 e. The maximum Gasteiger partial charge on any atom is 0.432 e. The molecule has 0 bridgehead atoms. The Morgan fingerprint density at radius 1 is 1.39 bits per heavy atom. The van der Waals surface area contributed by atoms with Crippen LogP contribution in [0.5, 0.6) is 0 Å². The largest absolute Gasteiger partial charge is 0.432 e. The van der Waals surface area contributed by atoms with Gasteiger partial charge in [0.25, 0.3) is 5.91 Å². The number of alkyl halides is 3. The number of hydrogen-bond acceptors (Lipinski definition) is 4. The van der Waals surface area contributed by atoms with Gasteiger partial charge in [0.05, 0.1) is 11.9 Å². The highest BCUT2D eigenvalue weighted by molar-refractivity contribution is 5.93. The summed E-state index contributed by atoms with van der Waals surface area (Å²) in [6, 6.07) is 0. The average Bonchev–Trinajstić information content (AvgIpc) is 3.15. The van der Waals surface area contributed by atoms with E-state index in [4.69, 9.17) is 0 Å². The van der Waals surface area contributed by atoms with Crippen LogP contribution in [0.15, 0.2) is 6.20 Å². The van der Waals surface area contributed by atoms with Crippen molar-refractivity contribution in [1.82, 2.24) is 30.3 Å². The number of carbonyl (C=O) groups excluding carboxylic acids is 1. The lowest BCUT2D eigenvalue weighted by atomic mass is 9.97. The Hall–Kier alpha value is -2.39. The molecule has 1 aliphatic rings. The first kappa shape index (κ1) is 15.5. The summed E-state index contributed by atoms with van der Waals surface area (Å²) < 4.78 is 37.9. The summed E-state index contributed by atoms with van der Waals surface area (Å²) in [5.74, 6) is -0.272. The van der Waals surface area contributed by atoms with Gasteiger partial charge in [-0.25, -0.2) is 4.98 Å². The van der Waals surface area contributed by atoms with E-state index < -0.39 is 11.9 Å². The van der Waals surface area contributed by atoms with Crippen molar-refractivity contribution in [2.45, 2.75) is 31.9 Å². The van der Waals surface area contributed by atoms with Gasteiger partial charge in [0.2, 0.25) is 0 Å². The number of nitrogens with zero attached hydrogens (tertiary/aromatic N) is 4. The summed E-state index contributed by atoms with van der Waals surface area (Å²) in [6.07, 6.45) is -2.30. The van der Waals surface area contributed by atoms with Crippen LogP contribution in [-0.4, -0.2) is 49.3 Å². The fourth-order valence-electron chi connectivity index (χ4n) is 2.71. The molecule has 3 rings (SSSR count). The second-order valence-electron chi connectivity index (χ2n) is 5.53. The van der Waals surface area contributed by atoms with Crippen LogP contribution in [0.1, 0.15) is 46.5 Å². The highest BCUT2D eigenvalue weighted by Gasteiger charge is 2.35. The van der Waals surface area contributed by atoms with Crippen molar-refractivity contribution in [2.75, 3.05) is 13.1 Å². The molecule has 0 aliphatic carbocycles. The fraction of sp³-hybridized carbons (Fsp3) is 0.538. The normalized spacial score (nSPS) is 19.1. The Morgan fingerprint density at radius 2 is 2.17 bits per heavy atom. The number of aromatic amines is 2. The maximum absolute atomic E-state index is 12.6. The van der Waals surface area contributed by atoms with Crippen molar-refractivity contribution in [2.24, 2.45) is 0 Å². The molecule has 10 heteroatoms. The maximum atomic E-state index is 12.6. The van der Waals surface area contributed by atoms with Gasteiger partial charge in [0.1, 0.15) is 11.5 Å². The zero-order valence-electron chi connectivity index (χ0n) is 12.3. The number of nitrogens with one attached hydrogen (secondary N) is 2. The van der Waals surface area contributed by atoms with Gasteiger partial charge < -0.3 is 9.88 Å². The van der Waals surface area contributed by atoms with Crippen LogP contribution in [0, 0.1) is 6.92 Å². The van der Waals surface area contributed by atoms with Crippen molar-refractivity contribution in [1.29, 1.82) is 0 Å². The zero-order valence-corrected chi connectivity index (χ0v) is 12.3. The summed E-state index contributed by atoms with van der Waals surface area (Å²) >= 11 is 0. The molecule has 1 aliphatic heterocycles. The van der Waals surface area contributed by atoms with E-state index in [1.54, 1.807) is 11.8 Å². The van der Waals surface area contributed by atoms with Gasteiger partial charge in [-0.05, 0) is 19.8 Å². The molecule has 0 spiro atoms. The Kier molecular flexibility index (Phi) is 3.82. The van der Waals surface area contributed by atoms with Crippen LogP contribution in [0.2, 0.25) is 0 Å². The third-order valence-electron chi connectivity index (χ3n) is 3.92. The van der Waals surface area contributed by atoms with Crippen LogP contribution >= 0.6 is 0 Å². The van der Waals surface area contributed by atoms with E-state index in [0.29, 0.717) is 31.6 Å².